The molecule has 5 heteroatoms. The van der Waals surface area contributed by atoms with Crippen molar-refractivity contribution in [3.05, 3.63) is 24.2 Å². The van der Waals surface area contributed by atoms with Gasteiger partial charge in [-0.15, -0.1) is 0 Å². The Labute approximate surface area is 101 Å². The summed E-state index contributed by atoms with van der Waals surface area (Å²) in [6.45, 7) is 3.14. The van der Waals surface area contributed by atoms with E-state index in [4.69, 9.17) is 4.42 Å². The molecule has 3 N–H and O–H groups in total. The van der Waals surface area contributed by atoms with Crippen molar-refractivity contribution in [1.82, 2.24) is 10.6 Å². The zero-order valence-electron chi connectivity index (χ0n) is 10.0. The molecule has 1 aromatic rings. The third-order valence-electron chi connectivity index (χ3n) is 2.56. The topological polar surface area (TPSA) is 69.8 Å². The minimum absolute atomic E-state index is 0.301. The van der Waals surface area contributed by atoms with Crippen LogP contribution in [0, 0.1) is 0 Å². The summed E-state index contributed by atoms with van der Waals surface area (Å²) in [4.78, 5) is 4.33. The summed E-state index contributed by atoms with van der Waals surface area (Å²) in [7, 11) is 0. The first-order valence-corrected chi connectivity index (χ1v) is 6.06. The zero-order valence-corrected chi connectivity index (χ0v) is 10.0. The van der Waals surface area contributed by atoms with Gasteiger partial charge in [-0.1, -0.05) is 0 Å². The predicted octanol–water partition coefficient (Wildman–Crippen LogP) is 1.03. The molecule has 94 valence electrons. The van der Waals surface area contributed by atoms with Crippen LogP contribution in [0.5, 0.6) is 0 Å². The highest BCUT2D eigenvalue weighted by Crippen LogP contribution is 2.18. The first kappa shape index (κ1) is 12.0. The molecular formula is C12H19N3O2. The van der Waals surface area contributed by atoms with Gasteiger partial charge in [-0.3, -0.25) is 4.99 Å². The fourth-order valence-corrected chi connectivity index (χ4v) is 1.49. The summed E-state index contributed by atoms with van der Waals surface area (Å²) in [6.07, 6.45) is 3.27. The van der Waals surface area contributed by atoms with Crippen LogP contribution in [-0.4, -0.2) is 30.2 Å². The quantitative estimate of drug-likeness (QED) is 0.528. The van der Waals surface area contributed by atoms with Gasteiger partial charge in [0.15, 0.2) is 5.96 Å². The van der Waals surface area contributed by atoms with Gasteiger partial charge in [0.1, 0.15) is 11.9 Å². The molecule has 1 aromatic heterocycles. The average molecular weight is 237 g/mol. The number of furan rings is 1. The second-order valence-electron chi connectivity index (χ2n) is 4.17. The van der Waals surface area contributed by atoms with Crippen molar-refractivity contribution in [3.8, 4) is 0 Å². The fraction of sp³-hybridized carbons (Fsp3) is 0.583. The summed E-state index contributed by atoms with van der Waals surface area (Å²) >= 11 is 0. The van der Waals surface area contributed by atoms with Crippen molar-refractivity contribution in [3.63, 3.8) is 0 Å². The van der Waals surface area contributed by atoms with Gasteiger partial charge in [0, 0.05) is 12.6 Å². The molecule has 1 saturated carbocycles. The maximum absolute atomic E-state index is 9.82. The number of hydrogen-bond acceptors (Lipinski definition) is 3. The Morgan fingerprint density at radius 3 is 3.06 bits per heavy atom. The Bertz CT molecular complexity index is 358. The van der Waals surface area contributed by atoms with Crippen LogP contribution < -0.4 is 10.6 Å². The van der Waals surface area contributed by atoms with Crippen molar-refractivity contribution in [2.75, 3.05) is 13.1 Å². The number of nitrogens with zero attached hydrogens (tertiary/aromatic N) is 1. The normalized spacial score (nSPS) is 17.9. The van der Waals surface area contributed by atoms with Crippen molar-refractivity contribution < 1.29 is 9.52 Å². The molecule has 0 aliphatic heterocycles. The molecule has 1 heterocycles. The lowest BCUT2D eigenvalue weighted by Gasteiger charge is -2.11. The van der Waals surface area contributed by atoms with E-state index >= 15 is 0 Å². The van der Waals surface area contributed by atoms with E-state index in [0.29, 0.717) is 18.3 Å². The minimum atomic E-state index is -0.681. The van der Waals surface area contributed by atoms with Crippen molar-refractivity contribution in [2.24, 2.45) is 4.99 Å². The number of rotatable bonds is 5. The number of aliphatic hydroxyl groups excluding tert-OH is 1. The highest BCUT2D eigenvalue weighted by molar-refractivity contribution is 5.80. The average Bonchev–Trinajstić information content (AvgIpc) is 2.97. The predicted molar refractivity (Wildman–Crippen MR) is 65.8 cm³/mol. The van der Waals surface area contributed by atoms with Crippen LogP contribution in [0.2, 0.25) is 0 Å². The second kappa shape index (κ2) is 5.72. The van der Waals surface area contributed by atoms with Gasteiger partial charge in [0.25, 0.3) is 0 Å². The molecule has 0 spiro atoms. The molecule has 0 saturated heterocycles. The largest absolute Gasteiger partial charge is 0.467 e. The number of nitrogens with one attached hydrogen (secondary N) is 2. The molecule has 2 rings (SSSR count). The smallest absolute Gasteiger partial charge is 0.191 e. The van der Waals surface area contributed by atoms with Gasteiger partial charge in [-0.05, 0) is 31.9 Å². The first-order chi connectivity index (χ1) is 8.29. The Hall–Kier alpha value is -1.49. The highest BCUT2D eigenvalue weighted by atomic mass is 16.4. The van der Waals surface area contributed by atoms with E-state index in [-0.39, 0.29) is 0 Å². The van der Waals surface area contributed by atoms with Crippen LogP contribution in [0.25, 0.3) is 0 Å². The minimum Gasteiger partial charge on any atom is -0.467 e. The number of hydrogen-bond donors (Lipinski definition) is 3. The van der Waals surface area contributed by atoms with Crippen LogP contribution in [-0.2, 0) is 0 Å². The Morgan fingerprint density at radius 1 is 1.65 bits per heavy atom. The maximum Gasteiger partial charge on any atom is 0.191 e. The lowest BCUT2D eigenvalue weighted by Crippen LogP contribution is -2.38. The summed E-state index contributed by atoms with van der Waals surface area (Å²) in [5, 5.41) is 16.3. The third-order valence-corrected chi connectivity index (χ3v) is 2.56. The lowest BCUT2D eigenvalue weighted by molar-refractivity contribution is 0.158. The van der Waals surface area contributed by atoms with E-state index in [9.17, 15) is 5.11 Å². The van der Waals surface area contributed by atoms with E-state index in [1.54, 1.807) is 18.4 Å². The molecule has 0 amide bonds. The summed E-state index contributed by atoms with van der Waals surface area (Å²) in [5.41, 5.74) is 0. The standard InChI is InChI=1S/C12H19N3O2/c1-2-13-12(15-9-5-6-9)14-8-10(16)11-4-3-7-17-11/h3-4,7,9-10,16H,2,5-6,8H2,1H3,(H2,13,14,15). The molecule has 1 fully saturated rings. The van der Waals surface area contributed by atoms with E-state index in [1.807, 2.05) is 6.92 Å². The molecule has 17 heavy (non-hydrogen) atoms. The number of aliphatic hydroxyl groups is 1. The highest BCUT2D eigenvalue weighted by Gasteiger charge is 2.22. The van der Waals surface area contributed by atoms with Crippen LogP contribution in [0.4, 0.5) is 0 Å². The van der Waals surface area contributed by atoms with Crippen LogP contribution in [0.15, 0.2) is 27.8 Å². The summed E-state index contributed by atoms with van der Waals surface area (Å²) in [5.74, 6) is 1.32. The fourth-order valence-electron chi connectivity index (χ4n) is 1.49. The molecule has 0 aromatic carbocycles. The van der Waals surface area contributed by atoms with Crippen LogP contribution in [0.1, 0.15) is 31.6 Å². The van der Waals surface area contributed by atoms with Gasteiger partial charge in [-0.25, -0.2) is 0 Å². The van der Waals surface area contributed by atoms with E-state index in [0.717, 1.165) is 12.5 Å². The third kappa shape index (κ3) is 3.78. The van der Waals surface area contributed by atoms with Crippen LogP contribution >= 0.6 is 0 Å². The molecule has 1 unspecified atom stereocenters. The second-order valence-corrected chi connectivity index (χ2v) is 4.17. The SMILES string of the molecule is CCNC(=NCC(O)c1ccco1)NC1CC1. The monoisotopic (exact) mass is 237 g/mol. The lowest BCUT2D eigenvalue weighted by atomic mass is 10.3. The molecule has 5 nitrogen and oxygen atoms in total. The number of aliphatic imine (C=N–C) groups is 1. The Kier molecular flexibility index (Phi) is 4.03. The Morgan fingerprint density at radius 2 is 2.47 bits per heavy atom. The zero-order chi connectivity index (χ0) is 12.1. The van der Waals surface area contributed by atoms with Crippen molar-refractivity contribution in [1.29, 1.82) is 0 Å². The van der Waals surface area contributed by atoms with E-state index < -0.39 is 6.10 Å². The molecule has 0 radical (unpaired) electrons. The van der Waals surface area contributed by atoms with Gasteiger partial charge in [0.2, 0.25) is 0 Å². The maximum atomic E-state index is 9.82. The molecule has 1 aliphatic carbocycles. The first-order valence-electron chi connectivity index (χ1n) is 6.06. The van der Waals surface area contributed by atoms with Gasteiger partial charge >= 0.3 is 0 Å². The Balaban J connectivity index is 1.86. The van der Waals surface area contributed by atoms with Gasteiger partial charge in [-0.2, -0.15) is 0 Å². The van der Waals surface area contributed by atoms with Crippen molar-refractivity contribution >= 4 is 5.96 Å². The van der Waals surface area contributed by atoms with Gasteiger partial charge in [0.05, 0.1) is 12.8 Å². The van der Waals surface area contributed by atoms with Crippen LogP contribution in [0.3, 0.4) is 0 Å². The van der Waals surface area contributed by atoms with Crippen molar-refractivity contribution in [2.45, 2.75) is 31.9 Å². The van der Waals surface area contributed by atoms with Gasteiger partial charge < -0.3 is 20.2 Å². The summed E-state index contributed by atoms with van der Waals surface area (Å²) in [6, 6.07) is 4.06. The molecule has 1 aliphatic rings. The summed E-state index contributed by atoms with van der Waals surface area (Å²) < 4.78 is 5.12. The molecule has 0 bridgehead atoms. The van der Waals surface area contributed by atoms with E-state index in [1.165, 1.54) is 12.8 Å². The molecule has 1 atom stereocenters. The molecular weight excluding hydrogens is 218 g/mol. The van der Waals surface area contributed by atoms with E-state index in [2.05, 4.69) is 15.6 Å². The number of guanidine groups is 1.